The van der Waals surface area contributed by atoms with Gasteiger partial charge in [0.2, 0.25) is 11.7 Å². The molecule has 4 rings (SSSR count). The Kier molecular flexibility index (Phi) is 6.63. The zero-order valence-corrected chi connectivity index (χ0v) is 19.4. The van der Waals surface area contributed by atoms with Crippen LogP contribution in [0.15, 0.2) is 42.5 Å². The van der Waals surface area contributed by atoms with Crippen molar-refractivity contribution in [3.05, 3.63) is 53.7 Å². The van der Waals surface area contributed by atoms with Crippen molar-refractivity contribution < 1.29 is 19.0 Å². The Morgan fingerprint density at radius 1 is 0.909 bits per heavy atom. The Labute approximate surface area is 193 Å². The van der Waals surface area contributed by atoms with Crippen molar-refractivity contribution in [1.29, 1.82) is 0 Å². The van der Waals surface area contributed by atoms with E-state index < -0.39 is 0 Å². The predicted molar refractivity (Wildman–Crippen MR) is 128 cm³/mol. The highest BCUT2D eigenvalue weighted by molar-refractivity contribution is 5.92. The van der Waals surface area contributed by atoms with Gasteiger partial charge in [-0.2, -0.15) is 0 Å². The van der Waals surface area contributed by atoms with E-state index in [0.29, 0.717) is 43.4 Å². The number of aryl methyl sites for hydroxylation is 1. The van der Waals surface area contributed by atoms with Crippen LogP contribution in [-0.4, -0.2) is 68.3 Å². The van der Waals surface area contributed by atoms with E-state index in [9.17, 15) is 4.79 Å². The monoisotopic (exact) mass is 448 g/mol. The Balaban J connectivity index is 1.43. The first kappa shape index (κ1) is 22.4. The molecule has 1 amide bonds. The van der Waals surface area contributed by atoms with E-state index in [0.717, 1.165) is 28.1 Å². The average Bonchev–Trinajstić information content (AvgIpc) is 2.86. The second-order valence-corrected chi connectivity index (χ2v) is 7.73. The molecule has 0 spiro atoms. The number of anilines is 1. The summed E-state index contributed by atoms with van der Waals surface area (Å²) < 4.78 is 16.1. The van der Waals surface area contributed by atoms with Crippen LogP contribution in [0.3, 0.4) is 0 Å². The van der Waals surface area contributed by atoms with Crippen LogP contribution in [0.2, 0.25) is 0 Å². The van der Waals surface area contributed by atoms with E-state index in [4.69, 9.17) is 19.2 Å². The largest absolute Gasteiger partial charge is 0.493 e. The van der Waals surface area contributed by atoms with Gasteiger partial charge in [0.15, 0.2) is 17.3 Å². The SMILES string of the molecule is COc1cc(/C=C/C(=O)N2CCN(c3nc4ccccc4nc3C)CC2)cc(OC)c1OC. The summed E-state index contributed by atoms with van der Waals surface area (Å²) in [4.78, 5) is 26.3. The minimum atomic E-state index is -0.0373. The number of hydrogen-bond donors (Lipinski definition) is 0. The van der Waals surface area contributed by atoms with Crippen molar-refractivity contribution >= 4 is 28.8 Å². The first-order valence-corrected chi connectivity index (χ1v) is 10.8. The molecule has 0 N–H and O–H groups in total. The third-order valence-corrected chi connectivity index (χ3v) is 5.72. The highest BCUT2D eigenvalue weighted by Gasteiger charge is 2.22. The minimum absolute atomic E-state index is 0.0373. The lowest BCUT2D eigenvalue weighted by molar-refractivity contribution is -0.126. The zero-order chi connectivity index (χ0) is 23.4. The van der Waals surface area contributed by atoms with Gasteiger partial charge < -0.3 is 24.0 Å². The summed E-state index contributed by atoms with van der Waals surface area (Å²) in [5, 5.41) is 0. The quantitative estimate of drug-likeness (QED) is 0.536. The van der Waals surface area contributed by atoms with E-state index in [1.165, 1.54) is 0 Å². The van der Waals surface area contributed by atoms with E-state index in [1.807, 2.05) is 48.2 Å². The number of carbonyl (C=O) groups is 1. The fourth-order valence-electron chi connectivity index (χ4n) is 3.99. The number of hydrogen-bond acceptors (Lipinski definition) is 7. The number of ether oxygens (including phenoxy) is 3. The second-order valence-electron chi connectivity index (χ2n) is 7.73. The Morgan fingerprint density at radius 3 is 2.09 bits per heavy atom. The number of benzene rings is 2. The standard InChI is InChI=1S/C25H28N4O4/c1-17-25(27-20-8-6-5-7-19(20)26-17)29-13-11-28(12-14-29)23(30)10-9-18-15-21(31-2)24(33-4)22(16-18)32-3/h5-10,15-16H,11-14H2,1-4H3/b10-9+. The topological polar surface area (TPSA) is 77.0 Å². The van der Waals surface area contributed by atoms with E-state index >= 15 is 0 Å². The highest BCUT2D eigenvalue weighted by atomic mass is 16.5. The number of nitrogens with zero attached hydrogens (tertiary/aromatic N) is 4. The van der Waals surface area contributed by atoms with Gasteiger partial charge in [0.05, 0.1) is 38.1 Å². The molecule has 1 aliphatic rings. The molecule has 0 atom stereocenters. The molecule has 0 aliphatic carbocycles. The molecule has 0 unspecified atom stereocenters. The van der Waals surface area contributed by atoms with Crippen LogP contribution >= 0.6 is 0 Å². The Hall–Kier alpha value is -3.81. The van der Waals surface area contributed by atoms with Crippen LogP contribution in [0.4, 0.5) is 5.82 Å². The Bertz CT molecular complexity index is 1160. The Morgan fingerprint density at radius 2 is 1.52 bits per heavy atom. The van der Waals surface area contributed by atoms with Crippen LogP contribution in [0, 0.1) is 6.92 Å². The maximum atomic E-state index is 12.8. The molecule has 172 valence electrons. The first-order valence-electron chi connectivity index (χ1n) is 10.8. The fourth-order valence-corrected chi connectivity index (χ4v) is 3.99. The number of para-hydroxylation sites is 2. The molecule has 2 aromatic carbocycles. The molecule has 0 bridgehead atoms. The van der Waals surface area contributed by atoms with Crippen molar-refractivity contribution in [3.8, 4) is 17.2 Å². The van der Waals surface area contributed by atoms with Gasteiger partial charge in [-0.15, -0.1) is 0 Å². The van der Waals surface area contributed by atoms with Crippen LogP contribution < -0.4 is 19.1 Å². The fraction of sp³-hybridized carbons (Fsp3) is 0.320. The van der Waals surface area contributed by atoms with Crippen LogP contribution in [0.1, 0.15) is 11.3 Å². The molecule has 3 aromatic rings. The van der Waals surface area contributed by atoms with E-state index in [-0.39, 0.29) is 5.91 Å². The summed E-state index contributed by atoms with van der Waals surface area (Å²) in [6.45, 7) is 4.63. The molecule has 0 radical (unpaired) electrons. The van der Waals surface area contributed by atoms with Gasteiger partial charge in [0.1, 0.15) is 0 Å². The summed E-state index contributed by atoms with van der Waals surface area (Å²) >= 11 is 0. The molecule has 8 nitrogen and oxygen atoms in total. The molecule has 33 heavy (non-hydrogen) atoms. The van der Waals surface area contributed by atoms with Gasteiger partial charge in [-0.05, 0) is 42.8 Å². The van der Waals surface area contributed by atoms with Crippen LogP contribution in [0.25, 0.3) is 17.1 Å². The van der Waals surface area contributed by atoms with Gasteiger partial charge in [0, 0.05) is 32.3 Å². The molecule has 1 saturated heterocycles. The molecular weight excluding hydrogens is 420 g/mol. The first-order chi connectivity index (χ1) is 16.0. The summed E-state index contributed by atoms with van der Waals surface area (Å²) in [6.07, 6.45) is 3.34. The highest BCUT2D eigenvalue weighted by Crippen LogP contribution is 2.38. The molecule has 1 fully saturated rings. The van der Waals surface area contributed by atoms with Crippen molar-refractivity contribution in [2.24, 2.45) is 0 Å². The van der Waals surface area contributed by atoms with Crippen molar-refractivity contribution in [1.82, 2.24) is 14.9 Å². The smallest absolute Gasteiger partial charge is 0.246 e. The molecule has 1 aliphatic heterocycles. The third-order valence-electron chi connectivity index (χ3n) is 5.72. The average molecular weight is 449 g/mol. The summed E-state index contributed by atoms with van der Waals surface area (Å²) in [5.41, 5.74) is 3.46. The van der Waals surface area contributed by atoms with E-state index in [1.54, 1.807) is 33.5 Å². The molecule has 1 aromatic heterocycles. The van der Waals surface area contributed by atoms with Crippen LogP contribution in [-0.2, 0) is 4.79 Å². The van der Waals surface area contributed by atoms with Gasteiger partial charge in [-0.3, -0.25) is 4.79 Å². The van der Waals surface area contributed by atoms with Gasteiger partial charge in [-0.25, -0.2) is 9.97 Å². The van der Waals surface area contributed by atoms with Crippen molar-refractivity contribution in [2.45, 2.75) is 6.92 Å². The maximum absolute atomic E-state index is 12.8. The van der Waals surface area contributed by atoms with Gasteiger partial charge >= 0.3 is 0 Å². The zero-order valence-electron chi connectivity index (χ0n) is 19.4. The molecular formula is C25H28N4O4. The minimum Gasteiger partial charge on any atom is -0.493 e. The summed E-state index contributed by atoms with van der Waals surface area (Å²) in [6, 6.07) is 11.5. The van der Waals surface area contributed by atoms with Gasteiger partial charge in [-0.1, -0.05) is 12.1 Å². The normalized spacial score (nSPS) is 14.1. The third kappa shape index (κ3) is 4.69. The number of amides is 1. The predicted octanol–water partition coefficient (Wildman–Crippen LogP) is 3.33. The van der Waals surface area contributed by atoms with Crippen molar-refractivity contribution in [3.63, 3.8) is 0 Å². The second kappa shape index (κ2) is 9.77. The maximum Gasteiger partial charge on any atom is 0.246 e. The lowest BCUT2D eigenvalue weighted by Gasteiger charge is -2.35. The summed E-state index contributed by atoms with van der Waals surface area (Å²) in [5.74, 6) is 2.46. The lowest BCUT2D eigenvalue weighted by atomic mass is 10.1. The summed E-state index contributed by atoms with van der Waals surface area (Å²) in [7, 11) is 4.69. The van der Waals surface area contributed by atoms with Crippen molar-refractivity contribution in [2.75, 3.05) is 52.4 Å². The van der Waals surface area contributed by atoms with Gasteiger partial charge in [0.25, 0.3) is 0 Å². The number of methoxy groups -OCH3 is 3. The number of aromatic nitrogens is 2. The van der Waals surface area contributed by atoms with Crippen LogP contribution in [0.5, 0.6) is 17.2 Å². The molecule has 2 heterocycles. The molecule has 8 heteroatoms. The lowest BCUT2D eigenvalue weighted by Crippen LogP contribution is -2.48. The number of rotatable bonds is 6. The van der Waals surface area contributed by atoms with E-state index in [2.05, 4.69) is 9.88 Å². The number of carbonyl (C=O) groups excluding carboxylic acids is 1. The molecule has 0 saturated carbocycles. The number of fused-ring (bicyclic) bond motifs is 1. The number of piperazine rings is 1.